The average Bonchev–Trinajstić information content (AvgIpc) is 3.01. The number of alkyl halides is 3. The Morgan fingerprint density at radius 2 is 2.05 bits per heavy atom. The molecule has 112 valence electrons. The number of aromatic nitrogens is 3. The largest absolute Gasteiger partial charge is 0.419 e. The van der Waals surface area contributed by atoms with Gasteiger partial charge in [0.15, 0.2) is 0 Å². The van der Waals surface area contributed by atoms with Gasteiger partial charge < -0.3 is 4.90 Å². The number of nitrogens with zero attached hydrogens (tertiary/aromatic N) is 4. The Morgan fingerprint density at radius 1 is 1.19 bits per heavy atom. The van der Waals surface area contributed by atoms with Gasteiger partial charge in [0.05, 0.1) is 11.6 Å². The smallest absolute Gasteiger partial charge is 0.354 e. The van der Waals surface area contributed by atoms with E-state index in [2.05, 4.69) is 10.1 Å². The number of anilines is 1. The zero-order chi connectivity index (χ0) is 14.9. The number of hydrogen-bond donors (Lipinski definition) is 0. The molecule has 21 heavy (non-hydrogen) atoms. The van der Waals surface area contributed by atoms with Crippen LogP contribution in [0.5, 0.6) is 0 Å². The molecule has 1 unspecified atom stereocenters. The second-order valence-corrected chi connectivity index (χ2v) is 5.10. The van der Waals surface area contributed by atoms with Crippen LogP contribution in [0.1, 0.15) is 24.4 Å². The van der Waals surface area contributed by atoms with Gasteiger partial charge in [0, 0.05) is 31.7 Å². The summed E-state index contributed by atoms with van der Waals surface area (Å²) in [6.07, 6.45) is 2.27. The van der Waals surface area contributed by atoms with E-state index < -0.39 is 11.7 Å². The molecule has 1 fully saturated rings. The maximum Gasteiger partial charge on any atom is 0.419 e. The summed E-state index contributed by atoms with van der Waals surface area (Å²) in [5.74, 6) is 0.0156. The molecule has 3 rings (SSSR count). The molecule has 0 spiro atoms. The Balaban J connectivity index is 1.87. The molecule has 3 heterocycles. The summed E-state index contributed by atoms with van der Waals surface area (Å²) in [5, 5.41) is 4.19. The highest BCUT2D eigenvalue weighted by atomic mass is 19.4. The van der Waals surface area contributed by atoms with Gasteiger partial charge in [0.25, 0.3) is 0 Å². The number of pyridine rings is 1. The number of piperidine rings is 1. The topological polar surface area (TPSA) is 34.0 Å². The van der Waals surface area contributed by atoms with Gasteiger partial charge in [0.2, 0.25) is 0 Å². The first-order chi connectivity index (χ1) is 10.1. The predicted octanol–water partition coefficient (Wildman–Crippen LogP) is 3.14. The maximum atomic E-state index is 13.1. The molecule has 1 aliphatic rings. The lowest BCUT2D eigenvalue weighted by Gasteiger charge is -2.34. The van der Waals surface area contributed by atoms with Crippen LogP contribution in [0.4, 0.5) is 19.0 Å². The van der Waals surface area contributed by atoms with E-state index in [0.717, 1.165) is 18.9 Å². The van der Waals surface area contributed by atoms with E-state index in [4.69, 9.17) is 0 Å². The van der Waals surface area contributed by atoms with E-state index in [1.807, 2.05) is 16.9 Å². The van der Waals surface area contributed by atoms with E-state index in [1.54, 1.807) is 11.1 Å². The van der Waals surface area contributed by atoms with Gasteiger partial charge in [-0.25, -0.2) is 4.98 Å². The van der Waals surface area contributed by atoms with Crippen molar-refractivity contribution >= 4 is 5.82 Å². The summed E-state index contributed by atoms with van der Waals surface area (Å²) in [4.78, 5) is 5.67. The van der Waals surface area contributed by atoms with Gasteiger partial charge in [0.1, 0.15) is 5.82 Å². The van der Waals surface area contributed by atoms with Gasteiger partial charge in [-0.1, -0.05) is 0 Å². The van der Waals surface area contributed by atoms with Crippen LogP contribution in [0, 0.1) is 0 Å². The summed E-state index contributed by atoms with van der Waals surface area (Å²) < 4.78 is 41.1. The fourth-order valence-electron chi connectivity index (χ4n) is 2.73. The fraction of sp³-hybridized carbons (Fsp3) is 0.429. The minimum absolute atomic E-state index is 0.0156. The molecule has 0 amide bonds. The van der Waals surface area contributed by atoms with Crippen molar-refractivity contribution in [3.05, 3.63) is 42.4 Å². The standard InChI is InChI=1S/C14H15F3N4/c15-14(16,17)12-5-1-6-18-13(12)20-8-2-4-11(10-20)21-9-3-7-19-21/h1,3,5-7,9,11H,2,4,8,10H2. The third-order valence-corrected chi connectivity index (χ3v) is 3.69. The molecule has 1 saturated heterocycles. The normalized spacial score (nSPS) is 19.8. The minimum atomic E-state index is -4.39. The van der Waals surface area contributed by atoms with Gasteiger partial charge >= 0.3 is 6.18 Å². The minimum Gasteiger partial charge on any atom is -0.354 e. The highest BCUT2D eigenvalue weighted by Gasteiger charge is 2.36. The van der Waals surface area contributed by atoms with E-state index in [1.165, 1.54) is 12.3 Å². The van der Waals surface area contributed by atoms with Crippen LogP contribution in [-0.4, -0.2) is 27.9 Å². The van der Waals surface area contributed by atoms with E-state index >= 15 is 0 Å². The van der Waals surface area contributed by atoms with Crippen LogP contribution in [0.3, 0.4) is 0 Å². The second-order valence-electron chi connectivity index (χ2n) is 5.10. The van der Waals surface area contributed by atoms with Gasteiger partial charge in [-0.2, -0.15) is 18.3 Å². The van der Waals surface area contributed by atoms with Crippen LogP contribution < -0.4 is 4.90 Å². The van der Waals surface area contributed by atoms with Crippen molar-refractivity contribution in [2.75, 3.05) is 18.0 Å². The molecule has 7 heteroatoms. The predicted molar refractivity (Wildman–Crippen MR) is 72.0 cm³/mol. The summed E-state index contributed by atoms with van der Waals surface area (Å²) in [6.45, 7) is 1.07. The first-order valence-corrected chi connectivity index (χ1v) is 6.82. The third-order valence-electron chi connectivity index (χ3n) is 3.69. The molecule has 1 aliphatic heterocycles. The first-order valence-electron chi connectivity index (χ1n) is 6.82. The van der Waals surface area contributed by atoms with Crippen LogP contribution in [0.2, 0.25) is 0 Å². The van der Waals surface area contributed by atoms with E-state index in [9.17, 15) is 13.2 Å². The van der Waals surface area contributed by atoms with Crippen molar-refractivity contribution in [3.63, 3.8) is 0 Å². The number of hydrogen-bond acceptors (Lipinski definition) is 3. The van der Waals surface area contributed by atoms with Crippen LogP contribution in [-0.2, 0) is 6.18 Å². The Labute approximate surface area is 120 Å². The molecule has 1 atom stereocenters. The van der Waals surface area contributed by atoms with Crippen LogP contribution in [0.15, 0.2) is 36.8 Å². The van der Waals surface area contributed by atoms with Gasteiger partial charge in [-0.05, 0) is 31.0 Å². The monoisotopic (exact) mass is 296 g/mol. The van der Waals surface area contributed by atoms with Gasteiger partial charge in [-0.15, -0.1) is 0 Å². The lowest BCUT2D eigenvalue weighted by molar-refractivity contribution is -0.137. The van der Waals surface area contributed by atoms with Gasteiger partial charge in [-0.3, -0.25) is 4.68 Å². The average molecular weight is 296 g/mol. The van der Waals surface area contributed by atoms with Crippen molar-refractivity contribution in [1.29, 1.82) is 0 Å². The Morgan fingerprint density at radius 3 is 2.76 bits per heavy atom. The molecule has 0 bridgehead atoms. The summed E-state index contributed by atoms with van der Waals surface area (Å²) in [5.41, 5.74) is -0.675. The molecular formula is C14H15F3N4. The molecular weight excluding hydrogens is 281 g/mol. The van der Waals surface area contributed by atoms with Crippen molar-refractivity contribution in [2.45, 2.75) is 25.1 Å². The summed E-state index contributed by atoms with van der Waals surface area (Å²) in [7, 11) is 0. The molecule has 0 radical (unpaired) electrons. The zero-order valence-electron chi connectivity index (χ0n) is 11.3. The lowest BCUT2D eigenvalue weighted by atomic mass is 10.1. The highest BCUT2D eigenvalue weighted by molar-refractivity contribution is 5.48. The Bertz CT molecular complexity index is 595. The zero-order valence-corrected chi connectivity index (χ0v) is 11.3. The lowest BCUT2D eigenvalue weighted by Crippen LogP contribution is -2.38. The van der Waals surface area contributed by atoms with Crippen molar-refractivity contribution in [3.8, 4) is 0 Å². The second kappa shape index (κ2) is 5.38. The first kappa shape index (κ1) is 13.9. The number of rotatable bonds is 2. The Kier molecular flexibility index (Phi) is 3.57. The molecule has 0 aliphatic carbocycles. The highest BCUT2D eigenvalue weighted by Crippen LogP contribution is 2.36. The Hall–Kier alpha value is -2.05. The van der Waals surface area contributed by atoms with Crippen molar-refractivity contribution in [2.24, 2.45) is 0 Å². The summed E-state index contributed by atoms with van der Waals surface area (Å²) >= 11 is 0. The molecule has 4 nitrogen and oxygen atoms in total. The molecule has 0 N–H and O–H groups in total. The molecule has 2 aromatic heterocycles. The van der Waals surface area contributed by atoms with Crippen molar-refractivity contribution in [1.82, 2.24) is 14.8 Å². The van der Waals surface area contributed by atoms with Crippen molar-refractivity contribution < 1.29 is 13.2 Å². The summed E-state index contributed by atoms with van der Waals surface area (Å²) in [6, 6.07) is 4.30. The van der Waals surface area contributed by atoms with E-state index in [-0.39, 0.29) is 11.9 Å². The van der Waals surface area contributed by atoms with Crippen LogP contribution >= 0.6 is 0 Å². The molecule has 2 aromatic rings. The molecule has 0 aromatic carbocycles. The number of halogens is 3. The maximum absolute atomic E-state index is 13.1. The SMILES string of the molecule is FC(F)(F)c1cccnc1N1CCCC(n2cccn2)C1. The fourth-order valence-corrected chi connectivity index (χ4v) is 2.73. The quantitative estimate of drug-likeness (QED) is 0.854. The molecule has 0 saturated carbocycles. The third kappa shape index (κ3) is 2.86. The van der Waals surface area contributed by atoms with Crippen LogP contribution in [0.25, 0.3) is 0 Å². The van der Waals surface area contributed by atoms with E-state index in [0.29, 0.717) is 13.1 Å².